The number of rotatable bonds is 6. The molecule has 0 spiro atoms. The minimum atomic E-state index is -3.69. The van der Waals surface area contributed by atoms with Crippen molar-refractivity contribution in [3.05, 3.63) is 57.0 Å². The molecule has 1 aliphatic rings. The number of halogens is 3. The van der Waals surface area contributed by atoms with Gasteiger partial charge in [-0.15, -0.1) is 0 Å². The molecule has 0 aliphatic carbocycles. The molecular formula is C20H21Cl3N2O4S. The number of nitrogens with one attached hydrogen (secondary N) is 1. The largest absolute Gasteiger partial charge is 0.495 e. The summed E-state index contributed by atoms with van der Waals surface area (Å²) in [5.41, 5.74) is 0.769. The molecule has 0 unspecified atom stereocenters. The molecule has 1 saturated heterocycles. The standard InChI is InChI=1S/C20H21Cl3N2O4S/c1-29-19-5-4-16(11-18(19)23)30(27,28)25-8-6-13(7-9-25)20(26)24-12-14-2-3-15(21)10-17(14)22/h2-5,10-11,13H,6-9,12H2,1H3,(H,24,26). The highest BCUT2D eigenvalue weighted by atomic mass is 35.5. The van der Waals surface area contributed by atoms with Gasteiger partial charge in [-0.3, -0.25) is 4.79 Å². The van der Waals surface area contributed by atoms with Gasteiger partial charge in [-0.05, 0) is 48.7 Å². The predicted octanol–water partition coefficient (Wildman–Crippen LogP) is 4.37. The maximum Gasteiger partial charge on any atom is 0.243 e. The lowest BCUT2D eigenvalue weighted by Crippen LogP contribution is -2.42. The minimum Gasteiger partial charge on any atom is -0.495 e. The van der Waals surface area contributed by atoms with Crippen LogP contribution in [0.5, 0.6) is 5.75 Å². The second-order valence-corrected chi connectivity index (χ2v) is 10.1. The topological polar surface area (TPSA) is 75.7 Å². The van der Waals surface area contributed by atoms with E-state index in [1.807, 2.05) is 0 Å². The third-order valence-electron chi connectivity index (χ3n) is 5.05. The molecule has 1 aliphatic heterocycles. The van der Waals surface area contributed by atoms with Crippen LogP contribution in [0.2, 0.25) is 15.1 Å². The van der Waals surface area contributed by atoms with Gasteiger partial charge in [0.25, 0.3) is 0 Å². The second-order valence-electron chi connectivity index (χ2n) is 6.93. The summed E-state index contributed by atoms with van der Waals surface area (Å²) in [4.78, 5) is 12.6. The Morgan fingerprint density at radius 3 is 2.40 bits per heavy atom. The van der Waals surface area contributed by atoms with Crippen molar-refractivity contribution in [2.24, 2.45) is 5.92 Å². The van der Waals surface area contributed by atoms with Crippen molar-refractivity contribution in [1.29, 1.82) is 0 Å². The molecule has 0 bridgehead atoms. The molecule has 0 saturated carbocycles. The highest BCUT2D eigenvalue weighted by Gasteiger charge is 2.32. The molecule has 1 amide bonds. The lowest BCUT2D eigenvalue weighted by molar-refractivity contribution is -0.126. The monoisotopic (exact) mass is 490 g/mol. The zero-order valence-electron chi connectivity index (χ0n) is 16.2. The fourth-order valence-corrected chi connectivity index (χ4v) is 5.60. The summed E-state index contributed by atoms with van der Waals surface area (Å²) in [5, 5.41) is 4.12. The van der Waals surface area contributed by atoms with Crippen LogP contribution in [0.25, 0.3) is 0 Å². The minimum absolute atomic E-state index is 0.105. The Morgan fingerprint density at radius 2 is 1.80 bits per heavy atom. The van der Waals surface area contributed by atoms with Gasteiger partial charge in [0.05, 0.1) is 17.0 Å². The molecule has 162 valence electrons. The van der Waals surface area contributed by atoms with Gasteiger partial charge in [-0.2, -0.15) is 4.31 Å². The van der Waals surface area contributed by atoms with E-state index in [0.29, 0.717) is 28.6 Å². The zero-order valence-corrected chi connectivity index (χ0v) is 19.3. The number of hydrogen-bond donors (Lipinski definition) is 1. The molecule has 0 aromatic heterocycles. The molecule has 1 N–H and O–H groups in total. The van der Waals surface area contributed by atoms with Gasteiger partial charge in [0.2, 0.25) is 15.9 Å². The smallest absolute Gasteiger partial charge is 0.243 e. The highest BCUT2D eigenvalue weighted by Crippen LogP contribution is 2.30. The Labute approximate surface area is 191 Å². The van der Waals surface area contributed by atoms with Crippen molar-refractivity contribution >= 4 is 50.7 Å². The fraction of sp³-hybridized carbons (Fsp3) is 0.350. The lowest BCUT2D eigenvalue weighted by Gasteiger charge is -2.30. The fourth-order valence-electron chi connectivity index (χ4n) is 3.31. The number of carbonyl (C=O) groups is 1. The summed E-state index contributed by atoms with van der Waals surface area (Å²) in [6, 6.07) is 9.47. The number of piperidine rings is 1. The van der Waals surface area contributed by atoms with Crippen molar-refractivity contribution in [3.63, 3.8) is 0 Å². The van der Waals surface area contributed by atoms with Crippen molar-refractivity contribution < 1.29 is 17.9 Å². The predicted molar refractivity (Wildman–Crippen MR) is 118 cm³/mol. The molecule has 30 heavy (non-hydrogen) atoms. The van der Waals surface area contributed by atoms with E-state index in [2.05, 4.69) is 5.32 Å². The molecule has 2 aromatic carbocycles. The van der Waals surface area contributed by atoms with Crippen molar-refractivity contribution in [3.8, 4) is 5.75 Å². The quantitative estimate of drug-likeness (QED) is 0.651. The summed E-state index contributed by atoms with van der Waals surface area (Å²) in [6.45, 7) is 0.801. The van der Waals surface area contributed by atoms with E-state index in [0.717, 1.165) is 5.56 Å². The van der Waals surface area contributed by atoms with E-state index in [9.17, 15) is 13.2 Å². The molecule has 1 heterocycles. The second kappa shape index (κ2) is 9.75. The molecular weight excluding hydrogens is 471 g/mol. The van der Waals surface area contributed by atoms with Gasteiger partial charge < -0.3 is 10.1 Å². The number of carbonyl (C=O) groups excluding carboxylic acids is 1. The maximum atomic E-state index is 12.9. The Balaban J connectivity index is 1.58. The van der Waals surface area contributed by atoms with Crippen LogP contribution in [0.1, 0.15) is 18.4 Å². The van der Waals surface area contributed by atoms with Gasteiger partial charge in [-0.1, -0.05) is 40.9 Å². The van der Waals surface area contributed by atoms with Gasteiger partial charge in [0.15, 0.2) is 0 Å². The van der Waals surface area contributed by atoms with E-state index < -0.39 is 10.0 Å². The molecule has 0 atom stereocenters. The first-order valence-corrected chi connectivity index (χ1v) is 11.8. The van der Waals surface area contributed by atoms with Gasteiger partial charge in [0.1, 0.15) is 5.75 Å². The molecule has 10 heteroatoms. The SMILES string of the molecule is COc1ccc(S(=O)(=O)N2CCC(C(=O)NCc3ccc(Cl)cc3Cl)CC2)cc1Cl. The third kappa shape index (κ3) is 5.21. The number of hydrogen-bond acceptors (Lipinski definition) is 4. The molecule has 2 aromatic rings. The normalized spacial score (nSPS) is 15.7. The van der Waals surface area contributed by atoms with Crippen LogP contribution < -0.4 is 10.1 Å². The Hall–Kier alpha value is -1.51. The summed E-state index contributed by atoms with van der Waals surface area (Å²) < 4.78 is 32.2. The maximum absolute atomic E-state index is 12.9. The van der Waals surface area contributed by atoms with Crippen LogP contribution >= 0.6 is 34.8 Å². The summed E-state index contributed by atoms with van der Waals surface area (Å²) in [6.07, 6.45) is 0.868. The number of sulfonamides is 1. The van der Waals surface area contributed by atoms with Crippen molar-refractivity contribution in [1.82, 2.24) is 9.62 Å². The molecule has 6 nitrogen and oxygen atoms in total. The Kier molecular flexibility index (Phi) is 7.52. The van der Waals surface area contributed by atoms with E-state index in [4.69, 9.17) is 39.5 Å². The highest BCUT2D eigenvalue weighted by molar-refractivity contribution is 7.89. The average molecular weight is 492 g/mol. The summed E-state index contributed by atoms with van der Waals surface area (Å²) >= 11 is 18.1. The van der Waals surface area contributed by atoms with Crippen molar-refractivity contribution in [2.45, 2.75) is 24.3 Å². The number of methoxy groups -OCH3 is 1. The van der Waals surface area contributed by atoms with Gasteiger partial charge in [0, 0.05) is 35.6 Å². The van der Waals surface area contributed by atoms with E-state index in [1.54, 1.807) is 18.2 Å². The van der Waals surface area contributed by atoms with Gasteiger partial charge in [-0.25, -0.2) is 8.42 Å². The van der Waals surface area contributed by atoms with Crippen LogP contribution in [0.4, 0.5) is 0 Å². The first-order valence-electron chi connectivity index (χ1n) is 9.27. The van der Waals surface area contributed by atoms with E-state index in [1.165, 1.54) is 29.6 Å². The van der Waals surface area contributed by atoms with Crippen LogP contribution in [0.3, 0.4) is 0 Å². The Morgan fingerprint density at radius 1 is 1.10 bits per heavy atom. The Bertz CT molecular complexity index is 1040. The van der Waals surface area contributed by atoms with Crippen LogP contribution in [0.15, 0.2) is 41.3 Å². The zero-order chi connectivity index (χ0) is 21.9. The summed E-state index contributed by atoms with van der Waals surface area (Å²) in [7, 11) is -2.23. The van der Waals surface area contributed by atoms with Crippen LogP contribution in [0, 0.1) is 5.92 Å². The average Bonchev–Trinajstić information content (AvgIpc) is 2.73. The molecule has 1 fully saturated rings. The summed E-state index contributed by atoms with van der Waals surface area (Å²) in [5.74, 6) is 0.0272. The van der Waals surface area contributed by atoms with Crippen LogP contribution in [-0.2, 0) is 21.4 Å². The molecule has 0 radical (unpaired) electrons. The van der Waals surface area contributed by atoms with Gasteiger partial charge >= 0.3 is 0 Å². The third-order valence-corrected chi connectivity index (χ3v) is 7.83. The number of benzene rings is 2. The number of amides is 1. The van der Waals surface area contributed by atoms with E-state index >= 15 is 0 Å². The number of nitrogens with zero attached hydrogens (tertiary/aromatic N) is 1. The first-order chi connectivity index (χ1) is 14.2. The molecule has 3 rings (SSSR count). The van der Waals surface area contributed by atoms with Crippen LogP contribution in [-0.4, -0.2) is 38.8 Å². The lowest BCUT2D eigenvalue weighted by atomic mass is 9.97. The van der Waals surface area contributed by atoms with E-state index in [-0.39, 0.29) is 41.4 Å². The number of ether oxygens (including phenoxy) is 1. The first kappa shape index (κ1) is 23.2. The van der Waals surface area contributed by atoms with Crippen molar-refractivity contribution in [2.75, 3.05) is 20.2 Å².